The number of aliphatic hydroxyl groups excluding tert-OH is 1. The first kappa shape index (κ1) is 17.7. The zero-order chi connectivity index (χ0) is 17.9. The van der Waals surface area contributed by atoms with Gasteiger partial charge in [0.25, 0.3) is 0 Å². The molecule has 1 aliphatic carbocycles. The van der Waals surface area contributed by atoms with Crippen LogP contribution >= 0.6 is 0 Å². The number of nitrogens with zero attached hydrogens (tertiary/aromatic N) is 4. The fraction of sp³-hybridized carbons (Fsp3) is 0.737. The Morgan fingerprint density at radius 1 is 1.19 bits per heavy atom. The molecule has 0 radical (unpaired) electrons. The van der Waals surface area contributed by atoms with Gasteiger partial charge in [-0.15, -0.1) is 0 Å². The highest BCUT2D eigenvalue weighted by Gasteiger charge is 2.42. The maximum Gasteiger partial charge on any atom is 0.225 e. The molecule has 3 aliphatic rings. The van der Waals surface area contributed by atoms with E-state index in [4.69, 9.17) is 5.11 Å². The van der Waals surface area contributed by atoms with E-state index in [1.807, 2.05) is 12.4 Å². The monoisotopic (exact) mass is 359 g/mol. The number of aromatic nitrogens is 2. The zero-order valence-corrected chi connectivity index (χ0v) is 15.3. The van der Waals surface area contributed by atoms with Crippen LogP contribution in [-0.2, 0) is 11.3 Å². The first-order chi connectivity index (χ1) is 12.7. The molecule has 0 bridgehead atoms. The second kappa shape index (κ2) is 7.88. The fourth-order valence-electron chi connectivity index (χ4n) is 4.35. The van der Waals surface area contributed by atoms with Crippen molar-refractivity contribution in [1.29, 1.82) is 0 Å². The van der Waals surface area contributed by atoms with Crippen molar-refractivity contribution >= 4 is 11.9 Å². The number of hydrogen-bond acceptors (Lipinski definition) is 6. The van der Waals surface area contributed by atoms with Gasteiger partial charge in [-0.25, -0.2) is 9.97 Å². The average molecular weight is 359 g/mol. The average Bonchev–Trinajstić information content (AvgIpc) is 3.18. The molecule has 2 N–H and O–H groups in total. The number of nitrogens with one attached hydrogen (secondary N) is 1. The number of rotatable bonds is 7. The normalized spacial score (nSPS) is 26.4. The van der Waals surface area contributed by atoms with Crippen molar-refractivity contribution in [3.05, 3.63) is 18.0 Å². The van der Waals surface area contributed by atoms with Crippen LogP contribution in [0.4, 0.5) is 5.95 Å². The van der Waals surface area contributed by atoms with Crippen molar-refractivity contribution in [2.24, 2.45) is 11.8 Å². The predicted octanol–water partition coefficient (Wildman–Crippen LogP) is 0.786. The smallest absolute Gasteiger partial charge is 0.225 e. The predicted molar refractivity (Wildman–Crippen MR) is 98.6 cm³/mol. The summed E-state index contributed by atoms with van der Waals surface area (Å²) in [4.78, 5) is 25.7. The summed E-state index contributed by atoms with van der Waals surface area (Å²) >= 11 is 0. The Morgan fingerprint density at radius 3 is 2.58 bits per heavy atom. The standard InChI is InChI=1S/C19H29N5O2/c25-8-5-18(26)22-17-13-23(12-16(17)15-3-4-15)11-14-9-20-19(21-10-14)24-6-1-2-7-24/h9-10,15-17,25H,1-8,11-13H2,(H,22,26). The van der Waals surface area contributed by atoms with Crippen LogP contribution < -0.4 is 10.2 Å². The van der Waals surface area contributed by atoms with Gasteiger partial charge in [-0.2, -0.15) is 0 Å². The molecule has 4 rings (SSSR count). The van der Waals surface area contributed by atoms with Crippen molar-refractivity contribution in [1.82, 2.24) is 20.2 Å². The number of aliphatic hydroxyl groups is 1. The number of carbonyl (C=O) groups is 1. The van der Waals surface area contributed by atoms with E-state index >= 15 is 0 Å². The molecule has 0 aromatic carbocycles. The fourth-order valence-corrected chi connectivity index (χ4v) is 4.35. The van der Waals surface area contributed by atoms with E-state index in [0.29, 0.717) is 5.92 Å². The molecule has 1 aromatic heterocycles. The van der Waals surface area contributed by atoms with E-state index in [-0.39, 0.29) is 25.0 Å². The molecule has 26 heavy (non-hydrogen) atoms. The summed E-state index contributed by atoms with van der Waals surface area (Å²) in [6.07, 6.45) is 9.10. The third kappa shape index (κ3) is 4.15. The third-order valence-corrected chi connectivity index (χ3v) is 5.84. The van der Waals surface area contributed by atoms with Gasteiger partial charge in [0, 0.05) is 63.1 Å². The number of hydrogen-bond donors (Lipinski definition) is 2. The van der Waals surface area contributed by atoms with Gasteiger partial charge in [-0.1, -0.05) is 0 Å². The van der Waals surface area contributed by atoms with E-state index in [1.165, 1.54) is 25.7 Å². The number of carbonyl (C=O) groups excluding carboxylic acids is 1. The zero-order valence-electron chi connectivity index (χ0n) is 15.3. The maximum absolute atomic E-state index is 11.9. The van der Waals surface area contributed by atoms with E-state index in [9.17, 15) is 4.79 Å². The van der Waals surface area contributed by atoms with Gasteiger partial charge in [0.15, 0.2) is 0 Å². The Hall–Kier alpha value is -1.73. The van der Waals surface area contributed by atoms with Gasteiger partial charge in [0.1, 0.15) is 0 Å². The van der Waals surface area contributed by atoms with Crippen LogP contribution in [0.25, 0.3) is 0 Å². The van der Waals surface area contributed by atoms with Crippen molar-refractivity contribution in [3.8, 4) is 0 Å². The van der Waals surface area contributed by atoms with Gasteiger partial charge < -0.3 is 15.3 Å². The highest BCUT2D eigenvalue weighted by Crippen LogP contribution is 2.41. The highest BCUT2D eigenvalue weighted by atomic mass is 16.3. The molecule has 1 saturated carbocycles. The lowest BCUT2D eigenvalue weighted by Gasteiger charge is -2.19. The van der Waals surface area contributed by atoms with Crippen LogP contribution in [0.1, 0.15) is 37.7 Å². The molecule has 7 heteroatoms. The Kier molecular flexibility index (Phi) is 5.36. The molecule has 2 unspecified atom stereocenters. The van der Waals surface area contributed by atoms with Crippen LogP contribution in [-0.4, -0.2) is 64.7 Å². The summed E-state index contributed by atoms with van der Waals surface area (Å²) in [6, 6.07) is 0.200. The molecule has 1 aromatic rings. The van der Waals surface area contributed by atoms with E-state index < -0.39 is 0 Å². The van der Waals surface area contributed by atoms with Crippen LogP contribution in [0, 0.1) is 11.8 Å². The molecule has 1 amide bonds. The van der Waals surface area contributed by atoms with Crippen molar-refractivity contribution in [2.45, 2.75) is 44.7 Å². The second-order valence-corrected chi connectivity index (χ2v) is 7.93. The van der Waals surface area contributed by atoms with Crippen molar-refractivity contribution in [3.63, 3.8) is 0 Å². The van der Waals surface area contributed by atoms with Gasteiger partial charge in [-0.3, -0.25) is 9.69 Å². The molecule has 2 saturated heterocycles. The Morgan fingerprint density at radius 2 is 1.92 bits per heavy atom. The Balaban J connectivity index is 1.34. The molecule has 142 valence electrons. The summed E-state index contributed by atoms with van der Waals surface area (Å²) in [5.74, 6) is 2.08. The Labute approximate surface area is 154 Å². The minimum absolute atomic E-state index is 0.0386. The number of likely N-dealkylation sites (tertiary alicyclic amines) is 1. The van der Waals surface area contributed by atoms with E-state index in [0.717, 1.165) is 50.2 Å². The summed E-state index contributed by atoms with van der Waals surface area (Å²) in [6.45, 7) is 4.75. The number of anilines is 1. The summed E-state index contributed by atoms with van der Waals surface area (Å²) < 4.78 is 0. The van der Waals surface area contributed by atoms with Crippen molar-refractivity contribution in [2.75, 3.05) is 37.7 Å². The maximum atomic E-state index is 11.9. The van der Waals surface area contributed by atoms with Gasteiger partial charge >= 0.3 is 0 Å². The number of amides is 1. The SMILES string of the molecule is O=C(CCO)NC1CN(Cc2cnc(N3CCCC3)nc2)CC1C1CC1. The first-order valence-electron chi connectivity index (χ1n) is 9.91. The first-order valence-corrected chi connectivity index (χ1v) is 9.91. The molecule has 2 atom stereocenters. The molecule has 3 fully saturated rings. The largest absolute Gasteiger partial charge is 0.396 e. The lowest BCUT2D eigenvalue weighted by molar-refractivity contribution is -0.122. The Bertz CT molecular complexity index is 613. The van der Waals surface area contributed by atoms with Crippen molar-refractivity contribution < 1.29 is 9.90 Å². The second-order valence-electron chi connectivity index (χ2n) is 7.93. The topological polar surface area (TPSA) is 81.6 Å². The van der Waals surface area contributed by atoms with Crippen LogP contribution in [0.5, 0.6) is 0 Å². The van der Waals surface area contributed by atoms with Gasteiger partial charge in [-0.05, 0) is 37.5 Å². The molecule has 7 nitrogen and oxygen atoms in total. The summed E-state index contributed by atoms with van der Waals surface area (Å²) in [5.41, 5.74) is 1.13. The van der Waals surface area contributed by atoms with E-state index in [1.54, 1.807) is 0 Å². The highest BCUT2D eigenvalue weighted by molar-refractivity contribution is 5.76. The lowest BCUT2D eigenvalue weighted by Crippen LogP contribution is -2.41. The summed E-state index contributed by atoms with van der Waals surface area (Å²) in [5, 5.41) is 12.1. The van der Waals surface area contributed by atoms with Gasteiger partial charge in [0.05, 0.1) is 6.61 Å². The molecular weight excluding hydrogens is 330 g/mol. The van der Waals surface area contributed by atoms with Gasteiger partial charge in [0.2, 0.25) is 11.9 Å². The third-order valence-electron chi connectivity index (χ3n) is 5.84. The summed E-state index contributed by atoms with van der Waals surface area (Å²) in [7, 11) is 0. The van der Waals surface area contributed by atoms with Crippen LogP contribution in [0.3, 0.4) is 0 Å². The lowest BCUT2D eigenvalue weighted by atomic mass is 9.98. The minimum atomic E-state index is -0.0862. The molecule has 0 spiro atoms. The van der Waals surface area contributed by atoms with E-state index in [2.05, 4.69) is 25.1 Å². The van der Waals surface area contributed by atoms with Crippen LogP contribution in [0.2, 0.25) is 0 Å². The minimum Gasteiger partial charge on any atom is -0.396 e. The van der Waals surface area contributed by atoms with Crippen LogP contribution in [0.15, 0.2) is 12.4 Å². The quantitative estimate of drug-likeness (QED) is 0.749. The molecule has 3 heterocycles. The molecular formula is C19H29N5O2. The molecule has 2 aliphatic heterocycles.